The van der Waals surface area contributed by atoms with Gasteiger partial charge >= 0.3 is 0 Å². The predicted molar refractivity (Wildman–Crippen MR) is 43.8 cm³/mol. The summed E-state index contributed by atoms with van der Waals surface area (Å²) in [7, 11) is 1.67. The van der Waals surface area contributed by atoms with Crippen molar-refractivity contribution in [2.24, 2.45) is 0 Å². The third kappa shape index (κ3) is 7.52. The molecule has 0 aromatic carbocycles. The minimum atomic E-state index is 0.576. The van der Waals surface area contributed by atoms with Crippen molar-refractivity contribution in [3.8, 4) is 11.8 Å². The average molecular weight is 140 g/mol. The lowest BCUT2D eigenvalue weighted by atomic mass is 10.2. The summed E-state index contributed by atoms with van der Waals surface area (Å²) in [5, 5.41) is 0. The molecule has 0 aliphatic heterocycles. The Kier molecular flexibility index (Phi) is 8.11. The molecule has 0 aromatic rings. The zero-order chi connectivity index (χ0) is 7.66. The minimum absolute atomic E-state index is 0.576. The first kappa shape index (κ1) is 9.52. The van der Waals surface area contributed by atoms with Crippen molar-refractivity contribution >= 4 is 0 Å². The van der Waals surface area contributed by atoms with Gasteiger partial charge in [0, 0.05) is 13.5 Å². The number of rotatable bonds is 4. The van der Waals surface area contributed by atoms with Gasteiger partial charge in [-0.05, 0) is 6.42 Å². The molecule has 0 saturated carbocycles. The second-order valence-corrected chi connectivity index (χ2v) is 2.24. The van der Waals surface area contributed by atoms with Gasteiger partial charge in [-0.15, -0.1) is 5.92 Å². The topological polar surface area (TPSA) is 9.23 Å². The molecule has 0 atom stereocenters. The van der Waals surface area contributed by atoms with Crippen molar-refractivity contribution in [3.05, 3.63) is 0 Å². The number of ether oxygens (including phenoxy) is 1. The Balaban J connectivity index is 2.96. The molecule has 0 fully saturated rings. The van der Waals surface area contributed by atoms with Crippen LogP contribution in [0.5, 0.6) is 0 Å². The Morgan fingerprint density at radius 1 is 1.20 bits per heavy atom. The fourth-order valence-electron chi connectivity index (χ4n) is 0.675. The molecule has 10 heavy (non-hydrogen) atoms. The molecule has 0 amide bonds. The zero-order valence-corrected chi connectivity index (χ0v) is 6.94. The molecule has 0 bridgehead atoms. The summed E-state index contributed by atoms with van der Waals surface area (Å²) in [5.74, 6) is 5.97. The lowest BCUT2D eigenvalue weighted by Crippen LogP contribution is -1.80. The maximum absolute atomic E-state index is 4.77. The van der Waals surface area contributed by atoms with Crippen molar-refractivity contribution in [1.29, 1.82) is 0 Å². The molecule has 0 rings (SSSR count). The maximum Gasteiger partial charge on any atom is 0.107 e. The van der Waals surface area contributed by atoms with E-state index < -0.39 is 0 Å². The van der Waals surface area contributed by atoms with Crippen LogP contribution in [0.1, 0.15) is 32.6 Å². The SMILES string of the molecule is CCCCCC#CCOC. The standard InChI is InChI=1S/C9H16O/c1-3-4-5-6-7-8-9-10-2/h3-6,9H2,1-2H3. The molecule has 0 aliphatic rings. The minimum Gasteiger partial charge on any atom is -0.372 e. The summed E-state index contributed by atoms with van der Waals surface area (Å²) >= 11 is 0. The zero-order valence-electron chi connectivity index (χ0n) is 6.94. The van der Waals surface area contributed by atoms with E-state index in [2.05, 4.69) is 18.8 Å². The Labute approximate surface area is 63.8 Å². The van der Waals surface area contributed by atoms with Crippen LogP contribution >= 0.6 is 0 Å². The molecule has 0 spiro atoms. The monoisotopic (exact) mass is 140 g/mol. The highest BCUT2D eigenvalue weighted by Crippen LogP contribution is 1.96. The van der Waals surface area contributed by atoms with E-state index in [1.807, 2.05) is 0 Å². The Bertz CT molecular complexity index is 108. The third-order valence-corrected chi connectivity index (χ3v) is 1.25. The van der Waals surface area contributed by atoms with Crippen LogP contribution in [-0.4, -0.2) is 13.7 Å². The van der Waals surface area contributed by atoms with E-state index >= 15 is 0 Å². The summed E-state index contributed by atoms with van der Waals surface area (Å²) in [6, 6.07) is 0. The van der Waals surface area contributed by atoms with Crippen molar-refractivity contribution < 1.29 is 4.74 Å². The van der Waals surface area contributed by atoms with Crippen LogP contribution in [0.25, 0.3) is 0 Å². The van der Waals surface area contributed by atoms with E-state index in [1.165, 1.54) is 19.3 Å². The first-order valence-corrected chi connectivity index (χ1v) is 3.86. The van der Waals surface area contributed by atoms with Crippen molar-refractivity contribution in [2.45, 2.75) is 32.6 Å². The van der Waals surface area contributed by atoms with E-state index in [4.69, 9.17) is 4.74 Å². The molecule has 0 unspecified atom stereocenters. The summed E-state index contributed by atoms with van der Waals surface area (Å²) in [4.78, 5) is 0. The van der Waals surface area contributed by atoms with Gasteiger partial charge in [0.1, 0.15) is 6.61 Å². The van der Waals surface area contributed by atoms with Crippen LogP contribution < -0.4 is 0 Å². The molecular weight excluding hydrogens is 124 g/mol. The maximum atomic E-state index is 4.77. The molecule has 1 heteroatoms. The molecular formula is C9H16O. The largest absolute Gasteiger partial charge is 0.372 e. The van der Waals surface area contributed by atoms with Crippen molar-refractivity contribution in [3.63, 3.8) is 0 Å². The van der Waals surface area contributed by atoms with E-state index in [9.17, 15) is 0 Å². The van der Waals surface area contributed by atoms with Gasteiger partial charge in [0.05, 0.1) is 0 Å². The molecule has 0 radical (unpaired) electrons. The first-order valence-electron chi connectivity index (χ1n) is 3.86. The molecule has 58 valence electrons. The lowest BCUT2D eigenvalue weighted by molar-refractivity contribution is 0.239. The van der Waals surface area contributed by atoms with Gasteiger partial charge < -0.3 is 4.74 Å². The Morgan fingerprint density at radius 2 is 2.00 bits per heavy atom. The summed E-state index contributed by atoms with van der Waals surface area (Å²) in [6.07, 6.45) is 4.82. The molecule has 0 saturated heterocycles. The van der Waals surface area contributed by atoms with Crippen molar-refractivity contribution in [2.75, 3.05) is 13.7 Å². The van der Waals surface area contributed by atoms with E-state index in [0.29, 0.717) is 6.61 Å². The highest BCUT2D eigenvalue weighted by Gasteiger charge is 1.79. The quantitative estimate of drug-likeness (QED) is 0.430. The van der Waals surface area contributed by atoms with Crippen LogP contribution in [0.15, 0.2) is 0 Å². The lowest BCUT2D eigenvalue weighted by Gasteiger charge is -1.88. The average Bonchev–Trinajstić information content (AvgIpc) is 1.97. The molecule has 0 heterocycles. The second kappa shape index (κ2) is 8.52. The fourth-order valence-corrected chi connectivity index (χ4v) is 0.675. The molecule has 1 nitrogen and oxygen atoms in total. The smallest absolute Gasteiger partial charge is 0.107 e. The van der Waals surface area contributed by atoms with Crippen LogP contribution in [-0.2, 0) is 4.74 Å². The first-order chi connectivity index (χ1) is 4.91. The number of unbranched alkanes of at least 4 members (excludes halogenated alkanes) is 3. The highest BCUT2D eigenvalue weighted by atomic mass is 16.5. The number of hydrogen-bond donors (Lipinski definition) is 0. The van der Waals surface area contributed by atoms with Gasteiger partial charge in [-0.3, -0.25) is 0 Å². The molecule has 0 aromatic heterocycles. The van der Waals surface area contributed by atoms with Crippen LogP contribution in [0.2, 0.25) is 0 Å². The van der Waals surface area contributed by atoms with Crippen LogP contribution in [0, 0.1) is 11.8 Å². The van der Waals surface area contributed by atoms with Crippen LogP contribution in [0.3, 0.4) is 0 Å². The summed E-state index contributed by atoms with van der Waals surface area (Å²) in [5.41, 5.74) is 0. The van der Waals surface area contributed by atoms with E-state index in [0.717, 1.165) is 6.42 Å². The fraction of sp³-hybridized carbons (Fsp3) is 0.778. The Morgan fingerprint density at radius 3 is 2.60 bits per heavy atom. The summed E-state index contributed by atoms with van der Waals surface area (Å²) in [6.45, 7) is 2.77. The predicted octanol–water partition coefficient (Wildman–Crippen LogP) is 2.22. The van der Waals surface area contributed by atoms with Crippen molar-refractivity contribution in [1.82, 2.24) is 0 Å². The van der Waals surface area contributed by atoms with Gasteiger partial charge in [0.15, 0.2) is 0 Å². The van der Waals surface area contributed by atoms with Crippen LogP contribution in [0.4, 0.5) is 0 Å². The molecule has 0 aliphatic carbocycles. The normalized spacial score (nSPS) is 8.60. The van der Waals surface area contributed by atoms with Gasteiger partial charge in [0.2, 0.25) is 0 Å². The van der Waals surface area contributed by atoms with E-state index in [-0.39, 0.29) is 0 Å². The van der Waals surface area contributed by atoms with Gasteiger partial charge in [-0.25, -0.2) is 0 Å². The van der Waals surface area contributed by atoms with E-state index in [1.54, 1.807) is 7.11 Å². The third-order valence-electron chi connectivity index (χ3n) is 1.25. The number of hydrogen-bond acceptors (Lipinski definition) is 1. The van der Waals surface area contributed by atoms with Gasteiger partial charge in [0.25, 0.3) is 0 Å². The molecule has 0 N–H and O–H groups in total. The highest BCUT2D eigenvalue weighted by molar-refractivity contribution is 4.98. The summed E-state index contributed by atoms with van der Waals surface area (Å²) < 4.78 is 4.77. The Hall–Kier alpha value is -0.480. The van der Waals surface area contributed by atoms with Gasteiger partial charge in [-0.1, -0.05) is 25.7 Å². The second-order valence-electron chi connectivity index (χ2n) is 2.24. The number of methoxy groups -OCH3 is 1. The van der Waals surface area contributed by atoms with Gasteiger partial charge in [-0.2, -0.15) is 0 Å².